The van der Waals surface area contributed by atoms with Crippen LogP contribution >= 0.6 is 53.4 Å². The van der Waals surface area contributed by atoms with E-state index in [4.69, 9.17) is 0 Å². The maximum Gasteiger partial charge on any atom is 0.198 e. The van der Waals surface area contributed by atoms with Gasteiger partial charge in [-0.05, 0) is 31.9 Å². The van der Waals surface area contributed by atoms with E-state index in [-0.39, 0.29) is 9.39 Å². The van der Waals surface area contributed by atoms with Gasteiger partial charge < -0.3 is 0 Å². The second kappa shape index (κ2) is 8.59. The molecule has 0 unspecified atom stereocenters. The molecule has 0 saturated heterocycles. The van der Waals surface area contributed by atoms with E-state index in [9.17, 15) is 9.59 Å². The highest BCUT2D eigenvalue weighted by atomic mass is 79.9. The van der Waals surface area contributed by atoms with Crippen molar-refractivity contribution in [3.8, 4) is 0 Å². The molecule has 0 amide bonds. The Labute approximate surface area is 96.3 Å². The maximum absolute atomic E-state index is 10.4. The van der Waals surface area contributed by atoms with E-state index in [0.717, 1.165) is 11.5 Å². The molecule has 0 aliphatic heterocycles. The van der Waals surface area contributed by atoms with Crippen LogP contribution in [0, 0.1) is 0 Å². The molecule has 0 aromatic rings. The van der Waals surface area contributed by atoms with Gasteiger partial charge >= 0.3 is 0 Å². The van der Waals surface area contributed by atoms with E-state index in [1.807, 2.05) is 0 Å². The van der Waals surface area contributed by atoms with Gasteiger partial charge in [0, 0.05) is 24.3 Å². The fourth-order valence-corrected chi connectivity index (χ4v) is 3.26. The molecule has 6 heteroatoms. The molecule has 0 atom stereocenters. The summed E-state index contributed by atoms with van der Waals surface area (Å²) < 4.78 is 0.0688. The topological polar surface area (TPSA) is 34.1 Å². The lowest BCUT2D eigenvalue weighted by molar-refractivity contribution is -0.110. The second-order valence-corrected chi connectivity index (χ2v) is 6.33. The van der Waals surface area contributed by atoms with Crippen LogP contribution in [0.5, 0.6) is 0 Å². The molecule has 70 valence electrons. The van der Waals surface area contributed by atoms with Gasteiger partial charge in [0.25, 0.3) is 0 Å². The Morgan fingerprint density at radius 2 is 1.25 bits per heavy atom. The predicted octanol–water partition coefficient (Wildman–Crippen LogP) is 2.99. The molecule has 0 saturated carbocycles. The molecule has 2 nitrogen and oxygen atoms in total. The summed E-state index contributed by atoms with van der Waals surface area (Å²) in [4.78, 5) is 20.8. The highest BCUT2D eigenvalue weighted by Gasteiger charge is 1.98. The highest BCUT2D eigenvalue weighted by molar-refractivity contribution is 9.18. The van der Waals surface area contributed by atoms with Crippen molar-refractivity contribution < 1.29 is 9.59 Å². The van der Waals surface area contributed by atoms with Crippen molar-refractivity contribution >= 4 is 62.8 Å². The lowest BCUT2D eigenvalue weighted by atomic mass is 10.6. The van der Waals surface area contributed by atoms with E-state index < -0.39 is 0 Å². The van der Waals surface area contributed by atoms with E-state index in [1.165, 1.54) is 0 Å². The van der Waals surface area contributed by atoms with E-state index in [0.29, 0.717) is 12.8 Å². The second-order valence-electron chi connectivity index (χ2n) is 1.85. The molecule has 0 aromatic carbocycles. The molecule has 0 aromatic heterocycles. The van der Waals surface area contributed by atoms with Crippen molar-refractivity contribution in [2.75, 3.05) is 11.5 Å². The number of hydrogen-bond acceptors (Lipinski definition) is 4. The predicted molar refractivity (Wildman–Crippen MR) is 62.0 cm³/mol. The maximum atomic E-state index is 10.4. The Morgan fingerprint density at radius 1 is 0.917 bits per heavy atom. The summed E-state index contributed by atoms with van der Waals surface area (Å²) in [6.45, 7) is 0. The monoisotopic (exact) mass is 334 g/mol. The van der Waals surface area contributed by atoms with Crippen LogP contribution in [-0.2, 0) is 9.59 Å². The highest BCUT2D eigenvalue weighted by Crippen LogP contribution is 2.23. The molecule has 0 fully saturated rings. The quantitative estimate of drug-likeness (QED) is 0.407. The van der Waals surface area contributed by atoms with Crippen molar-refractivity contribution in [1.82, 2.24) is 0 Å². The number of hydrogen-bond donors (Lipinski definition) is 0. The minimum absolute atomic E-state index is 0.0344. The van der Waals surface area contributed by atoms with Gasteiger partial charge in [0.1, 0.15) is 0 Å². The first kappa shape index (κ1) is 13.0. The van der Waals surface area contributed by atoms with Gasteiger partial charge in [0.15, 0.2) is 9.39 Å². The zero-order valence-electron chi connectivity index (χ0n) is 6.22. The standard InChI is InChI=1S/C6H8Br2O2S2/c7-5(9)1-3-11-12-4-2-6(8)10/h1-4H2. The molecule has 0 radical (unpaired) electrons. The van der Waals surface area contributed by atoms with Crippen LogP contribution in [-0.4, -0.2) is 20.9 Å². The average Bonchev–Trinajstić information content (AvgIpc) is 1.95. The fourth-order valence-electron chi connectivity index (χ4n) is 0.362. The minimum Gasteiger partial charge on any atom is -0.287 e. The molecule has 0 rings (SSSR count). The number of rotatable bonds is 7. The van der Waals surface area contributed by atoms with Gasteiger partial charge in [-0.25, -0.2) is 0 Å². The van der Waals surface area contributed by atoms with Gasteiger partial charge in [-0.3, -0.25) is 9.59 Å². The first-order valence-corrected chi connectivity index (χ1v) is 7.31. The van der Waals surface area contributed by atoms with E-state index in [2.05, 4.69) is 31.9 Å². The van der Waals surface area contributed by atoms with Crippen LogP contribution in [0.4, 0.5) is 0 Å². The van der Waals surface area contributed by atoms with Crippen molar-refractivity contribution in [2.24, 2.45) is 0 Å². The van der Waals surface area contributed by atoms with Crippen molar-refractivity contribution in [3.05, 3.63) is 0 Å². The lowest BCUT2D eigenvalue weighted by Crippen LogP contribution is -1.88. The van der Waals surface area contributed by atoms with Gasteiger partial charge in [0.05, 0.1) is 0 Å². The summed E-state index contributed by atoms with van der Waals surface area (Å²) in [6.07, 6.45) is 1.08. The lowest BCUT2D eigenvalue weighted by Gasteiger charge is -1.96. The van der Waals surface area contributed by atoms with Crippen molar-refractivity contribution in [3.63, 3.8) is 0 Å². The summed E-state index contributed by atoms with van der Waals surface area (Å²) in [5.41, 5.74) is 0. The van der Waals surface area contributed by atoms with Gasteiger partial charge in [-0.1, -0.05) is 21.6 Å². The summed E-state index contributed by atoms with van der Waals surface area (Å²) >= 11 is 5.69. The Bertz CT molecular complexity index is 146. The van der Waals surface area contributed by atoms with Crippen molar-refractivity contribution in [1.29, 1.82) is 0 Å². The van der Waals surface area contributed by atoms with Crippen LogP contribution in [0.25, 0.3) is 0 Å². The summed E-state index contributed by atoms with van der Waals surface area (Å²) in [5.74, 6) is 1.59. The average molecular weight is 336 g/mol. The normalized spacial score (nSPS) is 9.83. The van der Waals surface area contributed by atoms with E-state index in [1.54, 1.807) is 21.6 Å². The fraction of sp³-hybridized carbons (Fsp3) is 0.667. The van der Waals surface area contributed by atoms with Crippen LogP contribution in [0.2, 0.25) is 0 Å². The zero-order valence-corrected chi connectivity index (χ0v) is 11.0. The summed E-state index contributed by atoms with van der Waals surface area (Å²) in [7, 11) is 3.23. The molecule has 0 aliphatic carbocycles. The number of carbonyl (C=O) groups is 2. The summed E-state index contributed by atoms with van der Waals surface area (Å²) in [6, 6.07) is 0. The molecule has 0 spiro atoms. The smallest absolute Gasteiger partial charge is 0.198 e. The van der Waals surface area contributed by atoms with Crippen LogP contribution in [0.3, 0.4) is 0 Å². The zero-order chi connectivity index (χ0) is 9.40. The molecule has 0 bridgehead atoms. The van der Waals surface area contributed by atoms with Crippen LogP contribution < -0.4 is 0 Å². The SMILES string of the molecule is O=C(Br)CCSSCCC(=O)Br. The van der Waals surface area contributed by atoms with Crippen molar-refractivity contribution in [2.45, 2.75) is 12.8 Å². The third-order valence-electron chi connectivity index (χ3n) is 0.847. The van der Waals surface area contributed by atoms with Gasteiger partial charge in [0.2, 0.25) is 0 Å². The van der Waals surface area contributed by atoms with Gasteiger partial charge in [-0.2, -0.15) is 0 Å². The molecule has 0 aliphatic rings. The number of carbonyl (C=O) groups excluding carboxylic acids is 2. The summed E-state index contributed by atoms with van der Waals surface area (Å²) in [5, 5.41) is 0. The Balaban J connectivity index is 3.01. The Morgan fingerprint density at radius 3 is 1.50 bits per heavy atom. The number of halogens is 2. The Kier molecular flexibility index (Phi) is 9.31. The minimum atomic E-state index is 0.0344. The third kappa shape index (κ3) is 11.0. The molecular formula is C6H8Br2O2S2. The molecule has 12 heavy (non-hydrogen) atoms. The van der Waals surface area contributed by atoms with Gasteiger partial charge in [-0.15, -0.1) is 0 Å². The van der Waals surface area contributed by atoms with Crippen LogP contribution in [0.15, 0.2) is 0 Å². The third-order valence-corrected chi connectivity index (χ3v) is 4.05. The van der Waals surface area contributed by atoms with Crippen LogP contribution in [0.1, 0.15) is 12.8 Å². The molecule has 0 heterocycles. The largest absolute Gasteiger partial charge is 0.287 e. The first-order chi connectivity index (χ1) is 5.63. The molecule has 0 N–H and O–H groups in total. The Hall–Kier alpha value is 1.000. The van der Waals surface area contributed by atoms with E-state index >= 15 is 0 Å². The first-order valence-electron chi connectivity index (χ1n) is 3.24. The molecular weight excluding hydrogens is 328 g/mol.